The second-order valence-corrected chi connectivity index (χ2v) is 3.44. The SMILES string of the molecule is C=CC(=O)OCCCCCCCOC(=O)OC. The molecule has 0 aliphatic rings. The van der Waals surface area contributed by atoms with E-state index < -0.39 is 6.16 Å². The Bertz CT molecular complexity index is 237. The van der Waals surface area contributed by atoms with Gasteiger partial charge in [-0.05, 0) is 12.8 Å². The summed E-state index contributed by atoms with van der Waals surface area (Å²) in [5.41, 5.74) is 0. The molecule has 98 valence electrons. The minimum absolute atomic E-state index is 0.378. The van der Waals surface area contributed by atoms with E-state index in [0.717, 1.165) is 38.2 Å². The van der Waals surface area contributed by atoms with Gasteiger partial charge in [0.05, 0.1) is 20.3 Å². The van der Waals surface area contributed by atoms with Crippen LogP contribution in [0.1, 0.15) is 32.1 Å². The average molecular weight is 244 g/mol. The Balaban J connectivity index is 3.11. The fraction of sp³-hybridized carbons (Fsp3) is 0.667. The van der Waals surface area contributed by atoms with Gasteiger partial charge in [-0.2, -0.15) is 0 Å². The lowest BCUT2D eigenvalue weighted by molar-refractivity contribution is -0.137. The summed E-state index contributed by atoms with van der Waals surface area (Å²) in [6.07, 6.45) is 5.18. The van der Waals surface area contributed by atoms with Gasteiger partial charge in [0.25, 0.3) is 0 Å². The molecule has 0 aliphatic carbocycles. The highest BCUT2D eigenvalue weighted by Gasteiger charge is 1.99. The zero-order valence-electron chi connectivity index (χ0n) is 10.3. The zero-order valence-corrected chi connectivity index (χ0v) is 10.3. The molecule has 0 saturated carbocycles. The van der Waals surface area contributed by atoms with Gasteiger partial charge in [0.15, 0.2) is 0 Å². The summed E-state index contributed by atoms with van der Waals surface area (Å²) in [6, 6.07) is 0. The van der Waals surface area contributed by atoms with Crippen LogP contribution >= 0.6 is 0 Å². The van der Waals surface area contributed by atoms with E-state index >= 15 is 0 Å². The van der Waals surface area contributed by atoms with Crippen molar-refractivity contribution in [2.75, 3.05) is 20.3 Å². The molecule has 0 aromatic heterocycles. The second-order valence-electron chi connectivity index (χ2n) is 3.44. The van der Waals surface area contributed by atoms with Gasteiger partial charge in [-0.15, -0.1) is 0 Å². The number of hydrogen-bond donors (Lipinski definition) is 0. The molecule has 17 heavy (non-hydrogen) atoms. The molecule has 0 radical (unpaired) electrons. The van der Waals surface area contributed by atoms with Crippen LogP contribution in [0.15, 0.2) is 12.7 Å². The standard InChI is InChI=1S/C12H20O5/c1-3-11(13)16-9-7-5-4-6-8-10-17-12(14)15-2/h3H,1,4-10H2,2H3. The molecular weight excluding hydrogens is 224 g/mol. The number of esters is 1. The Morgan fingerprint density at radius 2 is 1.53 bits per heavy atom. The van der Waals surface area contributed by atoms with E-state index in [9.17, 15) is 9.59 Å². The van der Waals surface area contributed by atoms with Gasteiger partial charge in [-0.25, -0.2) is 9.59 Å². The monoisotopic (exact) mass is 244 g/mol. The topological polar surface area (TPSA) is 61.8 Å². The molecule has 0 aromatic carbocycles. The van der Waals surface area contributed by atoms with Crippen LogP contribution in [0.25, 0.3) is 0 Å². The molecule has 0 bridgehead atoms. The van der Waals surface area contributed by atoms with Crippen LogP contribution < -0.4 is 0 Å². The summed E-state index contributed by atoms with van der Waals surface area (Å²) >= 11 is 0. The third kappa shape index (κ3) is 10.8. The maximum Gasteiger partial charge on any atom is 0.507 e. The fourth-order valence-electron chi connectivity index (χ4n) is 1.18. The first-order chi connectivity index (χ1) is 8.20. The summed E-state index contributed by atoms with van der Waals surface area (Å²) in [5.74, 6) is -0.378. The Kier molecular flexibility index (Phi) is 10.00. The number of carbonyl (C=O) groups is 2. The van der Waals surface area contributed by atoms with Crippen LogP contribution in [0.5, 0.6) is 0 Å². The largest absolute Gasteiger partial charge is 0.507 e. The van der Waals surface area contributed by atoms with Crippen molar-refractivity contribution in [1.82, 2.24) is 0 Å². The molecule has 0 amide bonds. The molecule has 0 fully saturated rings. The highest BCUT2D eigenvalue weighted by molar-refractivity contribution is 5.81. The summed E-state index contributed by atoms with van der Waals surface area (Å²) in [6.45, 7) is 4.13. The van der Waals surface area contributed by atoms with Crippen molar-refractivity contribution >= 4 is 12.1 Å². The van der Waals surface area contributed by atoms with Crippen LogP contribution in [-0.4, -0.2) is 32.4 Å². The fourth-order valence-corrected chi connectivity index (χ4v) is 1.18. The molecule has 0 aliphatic heterocycles. The maximum atomic E-state index is 10.7. The Morgan fingerprint density at radius 3 is 2.06 bits per heavy atom. The molecule has 0 saturated heterocycles. The highest BCUT2D eigenvalue weighted by atomic mass is 16.7. The van der Waals surface area contributed by atoms with E-state index in [2.05, 4.69) is 11.3 Å². The first-order valence-electron chi connectivity index (χ1n) is 5.70. The second kappa shape index (κ2) is 11.0. The van der Waals surface area contributed by atoms with Crippen LogP contribution in [0.4, 0.5) is 4.79 Å². The average Bonchev–Trinajstić information content (AvgIpc) is 2.35. The third-order valence-corrected chi connectivity index (χ3v) is 2.09. The van der Waals surface area contributed by atoms with E-state index in [1.165, 1.54) is 7.11 Å². The van der Waals surface area contributed by atoms with Crippen molar-refractivity contribution in [2.45, 2.75) is 32.1 Å². The molecule has 0 rings (SSSR count). The molecule has 0 atom stereocenters. The first kappa shape index (κ1) is 15.5. The van der Waals surface area contributed by atoms with E-state index in [-0.39, 0.29) is 5.97 Å². The number of methoxy groups -OCH3 is 1. The predicted molar refractivity (Wildman–Crippen MR) is 62.6 cm³/mol. The molecule has 0 spiro atoms. The first-order valence-corrected chi connectivity index (χ1v) is 5.70. The quantitative estimate of drug-likeness (QED) is 0.354. The minimum Gasteiger partial charge on any atom is -0.463 e. The Labute approximate surface area is 102 Å². The number of unbranched alkanes of at least 4 members (excludes halogenated alkanes) is 4. The molecule has 5 nitrogen and oxygen atoms in total. The van der Waals surface area contributed by atoms with Crippen LogP contribution in [0, 0.1) is 0 Å². The maximum absolute atomic E-state index is 10.7. The third-order valence-electron chi connectivity index (χ3n) is 2.09. The van der Waals surface area contributed by atoms with E-state index in [1.807, 2.05) is 0 Å². The molecular formula is C12H20O5. The number of ether oxygens (including phenoxy) is 3. The van der Waals surface area contributed by atoms with Gasteiger partial charge in [0, 0.05) is 6.08 Å². The highest BCUT2D eigenvalue weighted by Crippen LogP contribution is 2.03. The minimum atomic E-state index is -0.638. The molecule has 0 N–H and O–H groups in total. The summed E-state index contributed by atoms with van der Waals surface area (Å²) < 4.78 is 13.9. The Hall–Kier alpha value is -1.52. The van der Waals surface area contributed by atoms with Gasteiger partial charge in [-0.3, -0.25) is 0 Å². The van der Waals surface area contributed by atoms with Gasteiger partial charge in [0.1, 0.15) is 0 Å². The number of carbonyl (C=O) groups excluding carboxylic acids is 2. The van der Waals surface area contributed by atoms with Crippen LogP contribution in [0.2, 0.25) is 0 Å². The summed E-state index contributed by atoms with van der Waals surface area (Å²) in [5, 5.41) is 0. The van der Waals surface area contributed by atoms with E-state index in [0.29, 0.717) is 13.2 Å². The predicted octanol–water partition coefficient (Wildman–Crippen LogP) is 2.45. The number of rotatable bonds is 9. The van der Waals surface area contributed by atoms with Gasteiger partial charge in [-0.1, -0.05) is 25.8 Å². The van der Waals surface area contributed by atoms with Gasteiger partial charge < -0.3 is 14.2 Å². The molecule has 5 heteroatoms. The number of hydrogen-bond acceptors (Lipinski definition) is 5. The normalized spacial score (nSPS) is 9.47. The van der Waals surface area contributed by atoms with Crippen molar-refractivity contribution in [3.63, 3.8) is 0 Å². The smallest absolute Gasteiger partial charge is 0.463 e. The Morgan fingerprint density at radius 1 is 1.00 bits per heavy atom. The van der Waals surface area contributed by atoms with Crippen LogP contribution in [0.3, 0.4) is 0 Å². The lowest BCUT2D eigenvalue weighted by atomic mass is 10.1. The van der Waals surface area contributed by atoms with E-state index in [4.69, 9.17) is 9.47 Å². The lowest BCUT2D eigenvalue weighted by Crippen LogP contribution is -2.05. The van der Waals surface area contributed by atoms with Crippen molar-refractivity contribution in [2.24, 2.45) is 0 Å². The van der Waals surface area contributed by atoms with Gasteiger partial charge >= 0.3 is 12.1 Å². The molecule has 0 aromatic rings. The van der Waals surface area contributed by atoms with Gasteiger partial charge in [0.2, 0.25) is 0 Å². The molecule has 0 heterocycles. The lowest BCUT2D eigenvalue weighted by Gasteiger charge is -2.03. The van der Waals surface area contributed by atoms with Crippen molar-refractivity contribution < 1.29 is 23.8 Å². The zero-order chi connectivity index (χ0) is 12.9. The van der Waals surface area contributed by atoms with E-state index in [1.54, 1.807) is 0 Å². The van der Waals surface area contributed by atoms with Crippen molar-refractivity contribution in [3.05, 3.63) is 12.7 Å². The van der Waals surface area contributed by atoms with Crippen molar-refractivity contribution in [1.29, 1.82) is 0 Å². The summed E-state index contributed by atoms with van der Waals surface area (Å²) in [4.78, 5) is 21.3. The van der Waals surface area contributed by atoms with Crippen molar-refractivity contribution in [3.8, 4) is 0 Å². The van der Waals surface area contributed by atoms with Crippen LogP contribution in [-0.2, 0) is 19.0 Å². The summed E-state index contributed by atoms with van der Waals surface area (Å²) in [7, 11) is 1.28. The molecule has 0 unspecified atom stereocenters.